The molecular formula is C14H16O7. The van der Waals surface area contributed by atoms with Crippen LogP contribution in [0.15, 0.2) is 30.9 Å². The Balaban J connectivity index is 2.71. The Labute approximate surface area is 121 Å². The molecular weight excluding hydrogens is 280 g/mol. The van der Waals surface area contributed by atoms with Gasteiger partial charge in [-0.3, -0.25) is 0 Å². The van der Waals surface area contributed by atoms with Gasteiger partial charge in [-0.25, -0.2) is 9.59 Å². The van der Waals surface area contributed by atoms with E-state index in [2.05, 4.69) is 6.58 Å². The average Bonchev–Trinajstić information content (AvgIpc) is 2.45. The Morgan fingerprint density at radius 1 is 1.14 bits per heavy atom. The molecule has 0 aliphatic rings. The van der Waals surface area contributed by atoms with Crippen LogP contribution in [0.1, 0.15) is 20.7 Å². The van der Waals surface area contributed by atoms with Crippen molar-refractivity contribution in [1.29, 1.82) is 0 Å². The number of rotatable bonds is 9. The fraction of sp³-hybridized carbons (Fsp3) is 0.286. The first kappa shape index (κ1) is 16.7. The minimum Gasteiger partial charge on any atom is -0.491 e. The summed E-state index contributed by atoms with van der Waals surface area (Å²) < 4.78 is 10.2. The van der Waals surface area contributed by atoms with Gasteiger partial charge in [0.05, 0.1) is 24.3 Å². The third-order valence-electron chi connectivity index (χ3n) is 2.39. The van der Waals surface area contributed by atoms with Gasteiger partial charge in [-0.2, -0.15) is 0 Å². The molecule has 0 amide bonds. The van der Waals surface area contributed by atoms with Gasteiger partial charge in [-0.15, -0.1) is 6.58 Å². The largest absolute Gasteiger partial charge is 0.491 e. The van der Waals surface area contributed by atoms with Gasteiger partial charge < -0.3 is 24.8 Å². The Morgan fingerprint density at radius 2 is 1.71 bits per heavy atom. The maximum atomic E-state index is 10.9. The predicted molar refractivity (Wildman–Crippen MR) is 72.9 cm³/mol. The Morgan fingerprint density at radius 3 is 2.19 bits per heavy atom. The molecule has 0 heterocycles. The van der Waals surface area contributed by atoms with Gasteiger partial charge in [0.1, 0.15) is 18.5 Å². The highest BCUT2D eigenvalue weighted by atomic mass is 16.5. The van der Waals surface area contributed by atoms with Gasteiger partial charge >= 0.3 is 11.9 Å². The SMILES string of the molecule is C=CCOCC(O)COc1cc(C(=O)O)cc(C(=O)O)c1. The lowest BCUT2D eigenvalue weighted by Crippen LogP contribution is -2.23. The van der Waals surface area contributed by atoms with E-state index in [-0.39, 0.29) is 36.7 Å². The van der Waals surface area contributed by atoms with E-state index in [1.54, 1.807) is 0 Å². The molecule has 114 valence electrons. The van der Waals surface area contributed by atoms with Crippen LogP contribution in [-0.2, 0) is 4.74 Å². The number of carbonyl (C=O) groups is 2. The Bertz CT molecular complexity index is 492. The first-order valence-electron chi connectivity index (χ1n) is 6.05. The highest BCUT2D eigenvalue weighted by Crippen LogP contribution is 2.18. The predicted octanol–water partition coefficient (Wildman–Crippen LogP) is 1.03. The van der Waals surface area contributed by atoms with Crippen LogP contribution in [0.3, 0.4) is 0 Å². The highest BCUT2D eigenvalue weighted by Gasteiger charge is 2.13. The van der Waals surface area contributed by atoms with Crippen molar-refractivity contribution < 1.29 is 34.4 Å². The van der Waals surface area contributed by atoms with E-state index < -0.39 is 18.0 Å². The van der Waals surface area contributed by atoms with Crippen LogP contribution in [0.4, 0.5) is 0 Å². The third-order valence-corrected chi connectivity index (χ3v) is 2.39. The van der Waals surface area contributed by atoms with Crippen molar-refractivity contribution in [2.24, 2.45) is 0 Å². The second-order valence-corrected chi connectivity index (χ2v) is 4.15. The van der Waals surface area contributed by atoms with Crippen LogP contribution in [0.2, 0.25) is 0 Å². The molecule has 7 heteroatoms. The topological polar surface area (TPSA) is 113 Å². The highest BCUT2D eigenvalue weighted by molar-refractivity contribution is 5.94. The van der Waals surface area contributed by atoms with Crippen molar-refractivity contribution in [2.75, 3.05) is 19.8 Å². The Hall–Kier alpha value is -2.38. The zero-order valence-corrected chi connectivity index (χ0v) is 11.2. The molecule has 1 aromatic carbocycles. The molecule has 0 bridgehead atoms. The third kappa shape index (κ3) is 5.64. The average molecular weight is 296 g/mol. The molecule has 1 aromatic rings. The van der Waals surface area contributed by atoms with Crippen LogP contribution in [0.25, 0.3) is 0 Å². The van der Waals surface area contributed by atoms with Crippen molar-refractivity contribution in [3.05, 3.63) is 42.0 Å². The van der Waals surface area contributed by atoms with E-state index in [1.165, 1.54) is 18.2 Å². The number of benzene rings is 1. The molecule has 21 heavy (non-hydrogen) atoms. The van der Waals surface area contributed by atoms with E-state index in [4.69, 9.17) is 19.7 Å². The van der Waals surface area contributed by atoms with Crippen LogP contribution in [0.5, 0.6) is 5.75 Å². The van der Waals surface area contributed by atoms with E-state index in [0.29, 0.717) is 0 Å². The molecule has 1 atom stereocenters. The fourth-order valence-electron chi connectivity index (χ4n) is 1.46. The standard InChI is InChI=1S/C14H16O7/c1-2-3-20-7-11(15)8-21-12-5-9(13(16)17)4-10(6-12)14(18)19/h2,4-6,11,15H,1,3,7-8H2,(H,16,17)(H,18,19). The summed E-state index contributed by atoms with van der Waals surface area (Å²) in [5, 5.41) is 27.4. The van der Waals surface area contributed by atoms with Crippen molar-refractivity contribution in [3.8, 4) is 5.75 Å². The molecule has 1 rings (SSSR count). The monoisotopic (exact) mass is 296 g/mol. The van der Waals surface area contributed by atoms with Crippen LogP contribution in [0, 0.1) is 0 Å². The molecule has 3 N–H and O–H groups in total. The first-order valence-corrected chi connectivity index (χ1v) is 6.05. The van der Waals surface area contributed by atoms with E-state index in [1.807, 2.05) is 0 Å². The smallest absolute Gasteiger partial charge is 0.335 e. The summed E-state index contributed by atoms with van der Waals surface area (Å²) in [5.41, 5.74) is -0.412. The molecule has 0 spiro atoms. The number of hydrogen-bond donors (Lipinski definition) is 3. The quantitative estimate of drug-likeness (QED) is 0.460. The number of carboxylic acid groups (broad SMARTS) is 2. The summed E-state index contributed by atoms with van der Waals surface area (Å²) in [6, 6.07) is 3.40. The summed E-state index contributed by atoms with van der Waals surface area (Å²) in [6.45, 7) is 3.61. The summed E-state index contributed by atoms with van der Waals surface area (Å²) in [6.07, 6.45) is 0.606. The number of aliphatic hydroxyl groups is 1. The summed E-state index contributed by atoms with van der Waals surface area (Å²) in [5.74, 6) is -2.48. The normalized spacial score (nSPS) is 11.7. The lowest BCUT2D eigenvalue weighted by molar-refractivity contribution is 0.0213. The summed E-state index contributed by atoms with van der Waals surface area (Å²) in [4.78, 5) is 21.8. The van der Waals surface area contributed by atoms with E-state index >= 15 is 0 Å². The molecule has 0 aliphatic heterocycles. The lowest BCUT2D eigenvalue weighted by Gasteiger charge is -2.13. The van der Waals surface area contributed by atoms with E-state index in [0.717, 1.165) is 6.07 Å². The molecule has 0 fully saturated rings. The van der Waals surface area contributed by atoms with Crippen LogP contribution in [-0.4, -0.2) is 53.2 Å². The van der Waals surface area contributed by atoms with Crippen molar-refractivity contribution in [1.82, 2.24) is 0 Å². The van der Waals surface area contributed by atoms with Gasteiger partial charge in [0.15, 0.2) is 0 Å². The minimum absolute atomic E-state index is 0.0242. The second kappa shape index (κ2) is 8.03. The van der Waals surface area contributed by atoms with E-state index in [9.17, 15) is 14.7 Å². The summed E-state index contributed by atoms with van der Waals surface area (Å²) in [7, 11) is 0. The fourth-order valence-corrected chi connectivity index (χ4v) is 1.46. The lowest BCUT2D eigenvalue weighted by atomic mass is 10.1. The minimum atomic E-state index is -1.27. The Kier molecular flexibility index (Phi) is 6.38. The summed E-state index contributed by atoms with van der Waals surface area (Å²) >= 11 is 0. The number of aliphatic hydroxyl groups excluding tert-OH is 1. The van der Waals surface area contributed by atoms with Crippen molar-refractivity contribution >= 4 is 11.9 Å². The van der Waals surface area contributed by atoms with Gasteiger partial charge in [0.25, 0.3) is 0 Å². The number of aromatic carboxylic acids is 2. The van der Waals surface area contributed by atoms with Crippen molar-refractivity contribution in [2.45, 2.75) is 6.10 Å². The number of hydrogen-bond acceptors (Lipinski definition) is 5. The molecule has 0 radical (unpaired) electrons. The number of ether oxygens (including phenoxy) is 2. The van der Waals surface area contributed by atoms with Crippen LogP contribution < -0.4 is 4.74 Å². The first-order chi connectivity index (χ1) is 9.93. The van der Waals surface area contributed by atoms with Crippen molar-refractivity contribution in [3.63, 3.8) is 0 Å². The van der Waals surface area contributed by atoms with Gasteiger partial charge in [0, 0.05) is 0 Å². The van der Waals surface area contributed by atoms with Gasteiger partial charge in [-0.05, 0) is 18.2 Å². The zero-order chi connectivity index (χ0) is 15.8. The zero-order valence-electron chi connectivity index (χ0n) is 11.2. The molecule has 0 aromatic heterocycles. The van der Waals surface area contributed by atoms with Crippen LogP contribution >= 0.6 is 0 Å². The molecule has 0 aliphatic carbocycles. The second-order valence-electron chi connectivity index (χ2n) is 4.15. The van der Waals surface area contributed by atoms with Gasteiger partial charge in [0.2, 0.25) is 0 Å². The number of carboxylic acids is 2. The maximum absolute atomic E-state index is 10.9. The molecule has 0 saturated carbocycles. The molecule has 1 unspecified atom stereocenters. The maximum Gasteiger partial charge on any atom is 0.335 e. The molecule has 0 saturated heterocycles. The molecule has 7 nitrogen and oxygen atoms in total. The van der Waals surface area contributed by atoms with Gasteiger partial charge in [-0.1, -0.05) is 6.08 Å².